The predicted octanol–water partition coefficient (Wildman–Crippen LogP) is 4.09. The average Bonchev–Trinajstić information content (AvgIpc) is 2.53. The van der Waals surface area contributed by atoms with E-state index in [0.29, 0.717) is 27.2 Å². The number of nitrogens with zero attached hydrogens (tertiary/aromatic N) is 1. The van der Waals surface area contributed by atoms with Crippen molar-refractivity contribution in [3.63, 3.8) is 0 Å². The molecule has 0 spiro atoms. The Morgan fingerprint density at radius 2 is 1.90 bits per heavy atom. The van der Waals surface area contributed by atoms with E-state index in [0.717, 1.165) is 0 Å². The SMILES string of the molecule is CC1(C)OC(C)(C)c2c1nc1cccc(Cl)c1c2C(=O)O. The van der Waals surface area contributed by atoms with Crippen molar-refractivity contribution in [2.75, 3.05) is 0 Å². The van der Waals surface area contributed by atoms with Crippen LogP contribution >= 0.6 is 11.6 Å². The van der Waals surface area contributed by atoms with Gasteiger partial charge in [0.25, 0.3) is 0 Å². The highest BCUT2D eigenvalue weighted by Crippen LogP contribution is 2.49. The van der Waals surface area contributed by atoms with Crippen LogP contribution in [0.2, 0.25) is 5.02 Å². The predicted molar refractivity (Wildman–Crippen MR) is 80.8 cm³/mol. The molecule has 3 rings (SSSR count). The number of benzene rings is 1. The molecule has 2 aromatic rings. The summed E-state index contributed by atoms with van der Waals surface area (Å²) in [6.45, 7) is 7.51. The van der Waals surface area contributed by atoms with Crippen LogP contribution in [0.1, 0.15) is 49.3 Å². The molecule has 110 valence electrons. The fraction of sp³-hybridized carbons (Fsp3) is 0.375. The molecule has 0 unspecified atom stereocenters. The lowest BCUT2D eigenvalue weighted by Gasteiger charge is -2.24. The van der Waals surface area contributed by atoms with Gasteiger partial charge in [-0.2, -0.15) is 0 Å². The molecule has 1 aliphatic heterocycles. The van der Waals surface area contributed by atoms with Crippen molar-refractivity contribution >= 4 is 28.5 Å². The van der Waals surface area contributed by atoms with Crippen LogP contribution in [-0.4, -0.2) is 16.1 Å². The number of carboxylic acids is 1. The molecule has 1 aliphatic rings. The maximum absolute atomic E-state index is 11.9. The first-order valence-electron chi connectivity index (χ1n) is 6.72. The average molecular weight is 306 g/mol. The van der Waals surface area contributed by atoms with Gasteiger partial charge < -0.3 is 9.84 Å². The Bertz CT molecular complexity index is 781. The summed E-state index contributed by atoms with van der Waals surface area (Å²) in [5.41, 5.74) is 0.677. The number of halogens is 1. The summed E-state index contributed by atoms with van der Waals surface area (Å²) in [5.74, 6) is -1.01. The Hall–Kier alpha value is -1.65. The third kappa shape index (κ3) is 1.93. The summed E-state index contributed by atoms with van der Waals surface area (Å²) in [6.07, 6.45) is 0. The first-order chi connectivity index (χ1) is 9.65. The number of hydrogen-bond donors (Lipinski definition) is 1. The molecule has 0 saturated carbocycles. The quantitative estimate of drug-likeness (QED) is 0.862. The molecule has 1 aromatic carbocycles. The highest BCUT2D eigenvalue weighted by Gasteiger charge is 2.47. The summed E-state index contributed by atoms with van der Waals surface area (Å²) in [4.78, 5) is 16.5. The highest BCUT2D eigenvalue weighted by atomic mass is 35.5. The van der Waals surface area contributed by atoms with Crippen LogP contribution in [0.5, 0.6) is 0 Å². The first-order valence-corrected chi connectivity index (χ1v) is 7.09. The Morgan fingerprint density at radius 3 is 2.52 bits per heavy atom. The lowest BCUT2D eigenvalue weighted by molar-refractivity contribution is -0.106. The zero-order valence-corrected chi connectivity index (χ0v) is 13.1. The van der Waals surface area contributed by atoms with E-state index in [1.54, 1.807) is 18.2 Å². The van der Waals surface area contributed by atoms with E-state index in [1.165, 1.54) is 0 Å². The molecule has 0 amide bonds. The van der Waals surface area contributed by atoms with Crippen molar-refractivity contribution in [2.45, 2.75) is 38.9 Å². The number of carboxylic acid groups (broad SMARTS) is 1. The van der Waals surface area contributed by atoms with Gasteiger partial charge in [-0.1, -0.05) is 17.7 Å². The van der Waals surface area contributed by atoms with E-state index < -0.39 is 17.2 Å². The molecule has 0 saturated heterocycles. The fourth-order valence-corrected chi connectivity index (χ4v) is 3.51. The summed E-state index contributed by atoms with van der Waals surface area (Å²) >= 11 is 6.23. The molecular formula is C16H16ClNO3. The van der Waals surface area contributed by atoms with Gasteiger partial charge in [-0.05, 0) is 39.8 Å². The van der Waals surface area contributed by atoms with Crippen LogP contribution in [0.15, 0.2) is 18.2 Å². The lowest BCUT2D eigenvalue weighted by atomic mass is 9.88. The third-order valence-electron chi connectivity index (χ3n) is 3.86. The van der Waals surface area contributed by atoms with Gasteiger partial charge in [-0.15, -0.1) is 0 Å². The van der Waals surface area contributed by atoms with Crippen molar-refractivity contribution in [1.29, 1.82) is 0 Å². The van der Waals surface area contributed by atoms with E-state index in [1.807, 2.05) is 27.7 Å². The molecule has 5 heteroatoms. The van der Waals surface area contributed by atoms with Gasteiger partial charge >= 0.3 is 5.97 Å². The second kappa shape index (κ2) is 4.18. The van der Waals surface area contributed by atoms with Gasteiger partial charge in [0.15, 0.2) is 0 Å². The Kier molecular flexibility index (Phi) is 2.85. The molecule has 1 aromatic heterocycles. The molecule has 0 fully saturated rings. The highest BCUT2D eigenvalue weighted by molar-refractivity contribution is 6.36. The van der Waals surface area contributed by atoms with Crippen LogP contribution in [0.25, 0.3) is 10.9 Å². The number of aromatic carboxylic acids is 1. The van der Waals surface area contributed by atoms with Crippen LogP contribution in [0.3, 0.4) is 0 Å². The minimum absolute atomic E-state index is 0.191. The Morgan fingerprint density at radius 1 is 1.24 bits per heavy atom. The zero-order chi connectivity index (χ0) is 15.6. The number of aromatic nitrogens is 1. The number of pyridine rings is 1. The monoisotopic (exact) mass is 305 g/mol. The van der Waals surface area contributed by atoms with Crippen LogP contribution < -0.4 is 0 Å². The summed E-state index contributed by atoms with van der Waals surface area (Å²) < 4.78 is 6.04. The molecule has 0 radical (unpaired) electrons. The largest absolute Gasteiger partial charge is 0.478 e. The molecule has 0 bridgehead atoms. The Balaban J connectivity index is 2.57. The van der Waals surface area contributed by atoms with E-state index >= 15 is 0 Å². The standard InChI is InChI=1S/C16H16ClNO3/c1-15(2)12-11(14(19)20)10-8(17)6-5-7-9(10)18-13(12)16(3,4)21-15/h5-7H,1-4H3,(H,19,20). The Labute approximate surface area is 127 Å². The first kappa shape index (κ1) is 14.3. The zero-order valence-electron chi connectivity index (χ0n) is 12.3. The summed E-state index contributed by atoms with van der Waals surface area (Å²) in [7, 11) is 0. The second-order valence-corrected chi connectivity index (χ2v) is 6.68. The number of ether oxygens (including phenoxy) is 1. The van der Waals surface area contributed by atoms with Crippen LogP contribution in [0, 0.1) is 0 Å². The van der Waals surface area contributed by atoms with Gasteiger partial charge in [0.1, 0.15) is 5.60 Å². The van der Waals surface area contributed by atoms with Gasteiger partial charge in [0.2, 0.25) is 0 Å². The fourth-order valence-electron chi connectivity index (χ4n) is 3.25. The molecule has 21 heavy (non-hydrogen) atoms. The van der Waals surface area contributed by atoms with Gasteiger partial charge in [-0.3, -0.25) is 0 Å². The van der Waals surface area contributed by atoms with Crippen molar-refractivity contribution in [3.8, 4) is 0 Å². The third-order valence-corrected chi connectivity index (χ3v) is 4.17. The van der Waals surface area contributed by atoms with Crippen molar-refractivity contribution in [1.82, 2.24) is 4.98 Å². The lowest BCUT2D eigenvalue weighted by Crippen LogP contribution is -2.23. The maximum Gasteiger partial charge on any atom is 0.336 e. The van der Waals surface area contributed by atoms with E-state index in [-0.39, 0.29) is 5.56 Å². The summed E-state index contributed by atoms with van der Waals surface area (Å²) in [5, 5.41) is 10.6. The topological polar surface area (TPSA) is 59.4 Å². The maximum atomic E-state index is 11.9. The summed E-state index contributed by atoms with van der Waals surface area (Å²) in [6, 6.07) is 5.22. The molecule has 2 heterocycles. The normalized spacial score (nSPS) is 18.7. The van der Waals surface area contributed by atoms with Crippen LogP contribution in [-0.2, 0) is 15.9 Å². The minimum Gasteiger partial charge on any atom is -0.478 e. The van der Waals surface area contributed by atoms with E-state index in [2.05, 4.69) is 4.98 Å². The number of carbonyl (C=O) groups is 1. The van der Waals surface area contributed by atoms with E-state index in [4.69, 9.17) is 16.3 Å². The van der Waals surface area contributed by atoms with Gasteiger partial charge in [0, 0.05) is 10.9 Å². The number of hydrogen-bond acceptors (Lipinski definition) is 3. The van der Waals surface area contributed by atoms with Crippen LogP contribution in [0.4, 0.5) is 0 Å². The van der Waals surface area contributed by atoms with Crippen molar-refractivity contribution in [3.05, 3.63) is 40.0 Å². The van der Waals surface area contributed by atoms with Crippen molar-refractivity contribution < 1.29 is 14.6 Å². The number of rotatable bonds is 1. The minimum atomic E-state index is -1.01. The smallest absolute Gasteiger partial charge is 0.336 e. The molecular weight excluding hydrogens is 290 g/mol. The molecule has 4 nitrogen and oxygen atoms in total. The molecule has 0 atom stereocenters. The molecule has 1 N–H and O–H groups in total. The van der Waals surface area contributed by atoms with Gasteiger partial charge in [-0.25, -0.2) is 9.78 Å². The molecule has 0 aliphatic carbocycles. The van der Waals surface area contributed by atoms with Gasteiger partial charge in [0.05, 0.1) is 27.4 Å². The number of fused-ring (bicyclic) bond motifs is 2. The van der Waals surface area contributed by atoms with Crippen molar-refractivity contribution in [2.24, 2.45) is 0 Å². The van der Waals surface area contributed by atoms with E-state index in [9.17, 15) is 9.90 Å². The second-order valence-electron chi connectivity index (χ2n) is 6.27.